The Hall–Kier alpha value is -1.39. The van der Waals surface area contributed by atoms with E-state index in [1.54, 1.807) is 11.3 Å². The number of nitrogens with zero attached hydrogens (tertiary/aromatic N) is 1. The number of aromatic nitrogens is 1. The highest BCUT2D eigenvalue weighted by Gasteiger charge is 2.15. The number of rotatable bonds is 5. The summed E-state index contributed by atoms with van der Waals surface area (Å²) >= 11 is 1.68. The maximum Gasteiger partial charge on any atom is 0.120 e. The van der Waals surface area contributed by atoms with Crippen molar-refractivity contribution in [3.8, 4) is 5.75 Å². The monoisotopic (exact) mass is 276 g/mol. The predicted octanol–water partition coefficient (Wildman–Crippen LogP) is 3.55. The van der Waals surface area contributed by atoms with Gasteiger partial charge in [0.25, 0.3) is 0 Å². The van der Waals surface area contributed by atoms with Crippen LogP contribution in [0.3, 0.4) is 0 Å². The number of thiazole rings is 1. The van der Waals surface area contributed by atoms with Crippen LogP contribution in [-0.2, 0) is 0 Å². The zero-order chi connectivity index (χ0) is 13.8. The number of benzene rings is 1. The fourth-order valence-corrected chi connectivity index (χ4v) is 2.68. The van der Waals surface area contributed by atoms with Crippen molar-refractivity contribution < 1.29 is 4.74 Å². The lowest BCUT2D eigenvalue weighted by Crippen LogP contribution is -2.18. The molecule has 1 aromatic heterocycles. The van der Waals surface area contributed by atoms with Gasteiger partial charge in [0.05, 0.1) is 22.8 Å². The van der Waals surface area contributed by atoms with Crippen molar-refractivity contribution in [1.82, 2.24) is 10.3 Å². The second-order valence-electron chi connectivity index (χ2n) is 4.75. The first-order chi connectivity index (χ1) is 9.10. The van der Waals surface area contributed by atoms with Crippen LogP contribution in [0.25, 0.3) is 0 Å². The summed E-state index contributed by atoms with van der Waals surface area (Å²) in [6.45, 7) is 6.09. The summed E-state index contributed by atoms with van der Waals surface area (Å²) in [6, 6.07) is 8.30. The molecular weight excluding hydrogens is 256 g/mol. The molecule has 0 fully saturated rings. The fraction of sp³-hybridized carbons (Fsp3) is 0.400. The first kappa shape index (κ1) is 14.0. The van der Waals surface area contributed by atoms with Crippen LogP contribution in [-0.4, -0.2) is 18.1 Å². The van der Waals surface area contributed by atoms with E-state index < -0.39 is 0 Å². The molecule has 0 saturated heterocycles. The van der Waals surface area contributed by atoms with Gasteiger partial charge in [0.1, 0.15) is 5.75 Å². The smallest absolute Gasteiger partial charge is 0.120 e. The zero-order valence-electron chi connectivity index (χ0n) is 11.8. The Kier molecular flexibility index (Phi) is 4.56. The summed E-state index contributed by atoms with van der Waals surface area (Å²) in [6.07, 6.45) is 0.185. The quantitative estimate of drug-likeness (QED) is 0.907. The van der Waals surface area contributed by atoms with E-state index in [-0.39, 0.29) is 12.1 Å². The Labute approximate surface area is 118 Å². The third kappa shape index (κ3) is 3.55. The molecule has 1 N–H and O–H groups in total. The molecule has 0 radical (unpaired) electrons. The molecule has 19 heavy (non-hydrogen) atoms. The van der Waals surface area contributed by atoms with Gasteiger partial charge in [-0.25, -0.2) is 4.98 Å². The molecule has 1 heterocycles. The normalized spacial score (nSPS) is 12.7. The Morgan fingerprint density at radius 2 is 2.11 bits per heavy atom. The maximum absolute atomic E-state index is 5.75. The lowest BCUT2D eigenvalue weighted by atomic mass is 10.0. The first-order valence-corrected chi connectivity index (χ1v) is 7.34. The number of hydrogen-bond acceptors (Lipinski definition) is 4. The van der Waals surface area contributed by atoms with Gasteiger partial charge in [0.2, 0.25) is 0 Å². The van der Waals surface area contributed by atoms with Gasteiger partial charge in [-0.1, -0.05) is 12.1 Å². The minimum absolute atomic E-state index is 0.112. The van der Waals surface area contributed by atoms with Gasteiger partial charge >= 0.3 is 0 Å². The third-order valence-corrected chi connectivity index (χ3v) is 3.58. The van der Waals surface area contributed by atoms with Crippen LogP contribution in [0.5, 0.6) is 5.75 Å². The lowest BCUT2D eigenvalue weighted by Gasteiger charge is -2.16. The van der Waals surface area contributed by atoms with Crippen LogP contribution in [0.1, 0.15) is 36.2 Å². The molecular formula is C15H20N2OS. The van der Waals surface area contributed by atoms with E-state index in [4.69, 9.17) is 4.74 Å². The van der Waals surface area contributed by atoms with Crippen molar-refractivity contribution in [3.05, 3.63) is 45.9 Å². The van der Waals surface area contributed by atoms with Gasteiger partial charge in [-0.15, -0.1) is 11.3 Å². The van der Waals surface area contributed by atoms with Gasteiger partial charge in [0, 0.05) is 5.38 Å². The maximum atomic E-state index is 5.75. The Morgan fingerprint density at radius 3 is 2.68 bits per heavy atom. The van der Waals surface area contributed by atoms with Crippen molar-refractivity contribution >= 4 is 11.3 Å². The molecule has 0 aliphatic rings. The zero-order valence-corrected chi connectivity index (χ0v) is 12.6. The topological polar surface area (TPSA) is 34.1 Å². The standard InChI is InChI=1S/C15H20N2OS/c1-10(2)18-13-7-5-6-12(8-13)15(16-4)14-9-19-11(3)17-14/h5-10,15-16H,1-4H3. The van der Waals surface area contributed by atoms with Crippen molar-refractivity contribution in [2.75, 3.05) is 7.05 Å². The largest absolute Gasteiger partial charge is 0.491 e. The molecule has 1 aromatic carbocycles. The van der Waals surface area contributed by atoms with Gasteiger partial charge in [-0.05, 0) is 45.5 Å². The van der Waals surface area contributed by atoms with E-state index in [1.165, 1.54) is 5.56 Å². The van der Waals surface area contributed by atoms with E-state index in [2.05, 4.69) is 27.8 Å². The minimum Gasteiger partial charge on any atom is -0.491 e. The van der Waals surface area contributed by atoms with Crippen LogP contribution in [0.4, 0.5) is 0 Å². The van der Waals surface area contributed by atoms with Gasteiger partial charge in [-0.2, -0.15) is 0 Å². The average molecular weight is 276 g/mol. The third-order valence-electron chi connectivity index (χ3n) is 2.78. The molecule has 2 rings (SSSR count). The van der Waals surface area contributed by atoms with Crippen LogP contribution in [0.2, 0.25) is 0 Å². The molecule has 2 aromatic rings. The number of nitrogens with one attached hydrogen (secondary N) is 1. The predicted molar refractivity (Wildman–Crippen MR) is 80.0 cm³/mol. The van der Waals surface area contributed by atoms with Gasteiger partial charge in [-0.3, -0.25) is 0 Å². The van der Waals surface area contributed by atoms with Gasteiger partial charge in [0.15, 0.2) is 0 Å². The van der Waals surface area contributed by atoms with E-state index in [1.807, 2.05) is 40.0 Å². The SMILES string of the molecule is CNC(c1cccc(OC(C)C)c1)c1csc(C)n1. The van der Waals surface area contributed by atoms with Crippen LogP contribution in [0, 0.1) is 6.92 Å². The molecule has 0 saturated carbocycles. The fourth-order valence-electron chi connectivity index (χ4n) is 2.04. The molecule has 4 heteroatoms. The second kappa shape index (κ2) is 6.17. The Balaban J connectivity index is 2.28. The van der Waals surface area contributed by atoms with E-state index in [9.17, 15) is 0 Å². The molecule has 0 bridgehead atoms. The minimum atomic E-state index is 0.112. The molecule has 0 amide bonds. The van der Waals surface area contributed by atoms with Crippen molar-refractivity contribution in [2.45, 2.75) is 32.9 Å². The highest BCUT2D eigenvalue weighted by molar-refractivity contribution is 7.09. The Morgan fingerprint density at radius 1 is 1.32 bits per heavy atom. The summed E-state index contributed by atoms with van der Waals surface area (Å²) in [5.41, 5.74) is 2.23. The summed E-state index contributed by atoms with van der Waals surface area (Å²) in [5, 5.41) is 6.51. The van der Waals surface area contributed by atoms with Crippen molar-refractivity contribution in [3.63, 3.8) is 0 Å². The summed E-state index contributed by atoms with van der Waals surface area (Å²) in [5.74, 6) is 0.903. The molecule has 0 aliphatic heterocycles. The first-order valence-electron chi connectivity index (χ1n) is 6.46. The summed E-state index contributed by atoms with van der Waals surface area (Å²) in [7, 11) is 1.95. The molecule has 1 unspecified atom stereocenters. The number of aryl methyl sites for hydroxylation is 1. The molecule has 3 nitrogen and oxygen atoms in total. The second-order valence-corrected chi connectivity index (χ2v) is 5.81. The van der Waals surface area contributed by atoms with Crippen molar-refractivity contribution in [1.29, 1.82) is 0 Å². The van der Waals surface area contributed by atoms with E-state index >= 15 is 0 Å². The van der Waals surface area contributed by atoms with Gasteiger partial charge < -0.3 is 10.1 Å². The number of ether oxygens (including phenoxy) is 1. The highest BCUT2D eigenvalue weighted by Crippen LogP contribution is 2.26. The lowest BCUT2D eigenvalue weighted by molar-refractivity contribution is 0.242. The molecule has 0 aliphatic carbocycles. The van der Waals surface area contributed by atoms with Crippen LogP contribution in [0.15, 0.2) is 29.6 Å². The van der Waals surface area contributed by atoms with Crippen LogP contribution < -0.4 is 10.1 Å². The molecule has 0 spiro atoms. The average Bonchev–Trinajstić information content (AvgIpc) is 2.76. The highest BCUT2D eigenvalue weighted by atomic mass is 32.1. The van der Waals surface area contributed by atoms with E-state index in [0.717, 1.165) is 16.5 Å². The summed E-state index contributed by atoms with van der Waals surface area (Å²) < 4.78 is 5.75. The molecule has 1 atom stereocenters. The van der Waals surface area contributed by atoms with Crippen LogP contribution >= 0.6 is 11.3 Å². The van der Waals surface area contributed by atoms with E-state index in [0.29, 0.717) is 0 Å². The summed E-state index contributed by atoms with van der Waals surface area (Å²) in [4.78, 5) is 4.56. The van der Waals surface area contributed by atoms with Crippen molar-refractivity contribution in [2.24, 2.45) is 0 Å². The Bertz CT molecular complexity index is 536. The molecule has 102 valence electrons. The number of hydrogen-bond donors (Lipinski definition) is 1.